The van der Waals surface area contributed by atoms with Crippen molar-refractivity contribution in [2.24, 2.45) is 0 Å². The Hall–Kier alpha value is -2.38. The Balaban J connectivity index is 1.97. The standard InChI is InChI=1S/C17H13ClO4/c1-10-2-4-11(5-3-10)22-16-9-15-13(8-14(16)18)12(17(19)20)6-7-21-15/h2,4,8-9,12H,6-7H2,1H3,(H,19,20). The maximum Gasteiger partial charge on any atom is 0.311 e. The van der Waals surface area contributed by atoms with Gasteiger partial charge in [0.2, 0.25) is 0 Å². The van der Waals surface area contributed by atoms with Gasteiger partial charge < -0.3 is 14.6 Å². The van der Waals surface area contributed by atoms with Crippen LogP contribution in [0.1, 0.15) is 24.8 Å². The third kappa shape index (κ3) is 2.81. The van der Waals surface area contributed by atoms with Gasteiger partial charge in [-0.1, -0.05) is 17.3 Å². The van der Waals surface area contributed by atoms with Crippen LogP contribution in [0.5, 0.6) is 11.5 Å². The first-order valence-electron chi connectivity index (χ1n) is 6.82. The lowest BCUT2D eigenvalue weighted by Crippen LogP contribution is -2.21. The molecule has 4 nitrogen and oxygen atoms in total. The first-order valence-corrected chi connectivity index (χ1v) is 7.20. The smallest absolute Gasteiger partial charge is 0.311 e. The van der Waals surface area contributed by atoms with Crippen LogP contribution in [0.15, 0.2) is 47.1 Å². The van der Waals surface area contributed by atoms with E-state index in [1.807, 2.05) is 13.0 Å². The van der Waals surface area contributed by atoms with E-state index in [-0.39, 0.29) is 0 Å². The molecule has 0 spiro atoms. The molecular weight excluding hydrogens is 304 g/mol. The number of hydrogen-bond acceptors (Lipinski definition) is 3. The maximum absolute atomic E-state index is 11.3. The van der Waals surface area contributed by atoms with Crippen molar-refractivity contribution in [2.75, 3.05) is 6.61 Å². The third-order valence-corrected chi connectivity index (χ3v) is 3.78. The lowest BCUT2D eigenvalue weighted by Gasteiger charge is -2.24. The predicted octanol–water partition coefficient (Wildman–Crippen LogP) is 3.82. The fraction of sp³-hybridized carbons (Fsp3) is 0.235. The number of allylic oxidation sites excluding steroid dienone is 3. The monoisotopic (exact) mass is 316 g/mol. The van der Waals surface area contributed by atoms with Gasteiger partial charge in [-0.05, 0) is 42.9 Å². The minimum absolute atomic E-state index is 0.337. The molecule has 1 aliphatic heterocycles. The summed E-state index contributed by atoms with van der Waals surface area (Å²) < 4.78 is 11.2. The molecule has 5 heteroatoms. The molecule has 3 rings (SSSR count). The fourth-order valence-corrected chi connectivity index (χ4v) is 2.56. The minimum Gasteiger partial charge on any atom is -0.493 e. The van der Waals surface area contributed by atoms with E-state index in [9.17, 15) is 9.90 Å². The fourth-order valence-electron chi connectivity index (χ4n) is 2.35. The summed E-state index contributed by atoms with van der Waals surface area (Å²) in [6.45, 7) is 2.27. The Labute approximate surface area is 132 Å². The molecule has 0 amide bonds. The van der Waals surface area contributed by atoms with Crippen molar-refractivity contribution in [2.45, 2.75) is 19.3 Å². The second-order valence-corrected chi connectivity index (χ2v) is 5.49. The van der Waals surface area contributed by atoms with Crippen molar-refractivity contribution in [3.05, 3.63) is 57.7 Å². The van der Waals surface area contributed by atoms with E-state index in [4.69, 9.17) is 21.1 Å². The molecule has 0 bridgehead atoms. The number of ether oxygens (including phenoxy) is 2. The van der Waals surface area contributed by atoms with Crippen molar-refractivity contribution in [3.63, 3.8) is 0 Å². The number of rotatable bonds is 3. The van der Waals surface area contributed by atoms with Gasteiger partial charge in [0.25, 0.3) is 0 Å². The van der Waals surface area contributed by atoms with E-state index < -0.39 is 11.9 Å². The molecule has 1 unspecified atom stereocenters. The lowest BCUT2D eigenvalue weighted by atomic mass is 9.93. The molecule has 1 N–H and O–H groups in total. The molecule has 0 aromatic heterocycles. The second kappa shape index (κ2) is 5.78. The van der Waals surface area contributed by atoms with E-state index in [1.165, 1.54) is 0 Å². The Bertz CT molecular complexity index is 778. The number of hydrogen-bond donors (Lipinski definition) is 1. The van der Waals surface area contributed by atoms with Gasteiger partial charge >= 0.3 is 5.97 Å². The minimum atomic E-state index is -0.879. The highest BCUT2D eigenvalue weighted by Crippen LogP contribution is 2.41. The molecule has 1 heterocycles. The molecule has 0 saturated heterocycles. The summed E-state index contributed by atoms with van der Waals surface area (Å²) >= 11 is 6.21. The summed E-state index contributed by atoms with van der Waals surface area (Å²) in [5.74, 6) is -0.0996. The zero-order valence-corrected chi connectivity index (χ0v) is 12.6. The summed E-state index contributed by atoms with van der Waals surface area (Å²) in [4.78, 5) is 11.3. The maximum atomic E-state index is 11.3. The number of aliphatic carboxylic acids is 1. The summed E-state index contributed by atoms with van der Waals surface area (Å²) in [6.07, 6.45) is 4.05. The molecule has 0 radical (unpaired) electrons. The van der Waals surface area contributed by atoms with Crippen LogP contribution in [-0.4, -0.2) is 17.7 Å². The first-order chi connectivity index (χ1) is 10.5. The van der Waals surface area contributed by atoms with E-state index in [0.717, 1.165) is 5.57 Å². The van der Waals surface area contributed by atoms with E-state index >= 15 is 0 Å². The average Bonchev–Trinajstić information content (AvgIpc) is 2.49. The molecule has 1 aromatic rings. The number of carbonyl (C=O) groups is 1. The summed E-state index contributed by atoms with van der Waals surface area (Å²) in [5, 5.41) is 9.60. The van der Waals surface area contributed by atoms with Crippen LogP contribution < -0.4 is 9.47 Å². The van der Waals surface area contributed by atoms with Gasteiger partial charge in [0, 0.05) is 11.6 Å². The van der Waals surface area contributed by atoms with Crippen LogP contribution in [0.4, 0.5) is 0 Å². The molecule has 1 aliphatic carbocycles. The highest BCUT2D eigenvalue weighted by Gasteiger charge is 2.29. The molecular formula is C17H13ClO4. The van der Waals surface area contributed by atoms with Crippen molar-refractivity contribution < 1.29 is 19.4 Å². The van der Waals surface area contributed by atoms with Crippen LogP contribution in [0.2, 0.25) is 5.02 Å². The van der Waals surface area contributed by atoms with Crippen molar-refractivity contribution in [3.8, 4) is 11.5 Å². The third-order valence-electron chi connectivity index (χ3n) is 3.49. The molecule has 112 valence electrons. The van der Waals surface area contributed by atoms with Gasteiger partial charge in [-0.3, -0.25) is 4.79 Å². The van der Waals surface area contributed by atoms with Gasteiger partial charge in [0.1, 0.15) is 5.75 Å². The van der Waals surface area contributed by atoms with Gasteiger partial charge in [-0.25, -0.2) is 0 Å². The summed E-state index contributed by atoms with van der Waals surface area (Å²) in [6, 6.07) is 3.22. The largest absolute Gasteiger partial charge is 0.493 e. The molecule has 0 saturated carbocycles. The number of carboxylic acid groups (broad SMARTS) is 1. The Morgan fingerprint density at radius 2 is 2.23 bits per heavy atom. The van der Waals surface area contributed by atoms with Crippen LogP contribution in [0.3, 0.4) is 0 Å². The van der Waals surface area contributed by atoms with Crippen LogP contribution in [0, 0.1) is 0 Å². The Kier molecular flexibility index (Phi) is 3.82. The van der Waals surface area contributed by atoms with Gasteiger partial charge in [0.15, 0.2) is 11.5 Å². The van der Waals surface area contributed by atoms with Crippen LogP contribution >= 0.6 is 11.6 Å². The molecule has 2 aliphatic rings. The Morgan fingerprint density at radius 3 is 2.91 bits per heavy atom. The SMILES string of the molecule is CC1=C=C=C(Oc2cc3c(cc2Cl)C(C(=O)O)CCO3)C=C1. The van der Waals surface area contributed by atoms with E-state index in [0.29, 0.717) is 40.9 Å². The quantitative estimate of drug-likeness (QED) is 0.861. The molecule has 22 heavy (non-hydrogen) atoms. The van der Waals surface area contributed by atoms with Crippen LogP contribution in [0.25, 0.3) is 0 Å². The number of carboxylic acids is 1. The average molecular weight is 317 g/mol. The topological polar surface area (TPSA) is 55.8 Å². The van der Waals surface area contributed by atoms with Crippen molar-refractivity contribution in [1.82, 2.24) is 0 Å². The second-order valence-electron chi connectivity index (χ2n) is 5.08. The molecule has 0 fully saturated rings. The van der Waals surface area contributed by atoms with Gasteiger partial charge in [-0.2, -0.15) is 0 Å². The zero-order chi connectivity index (χ0) is 15.7. The normalized spacial score (nSPS) is 18.9. The first kappa shape index (κ1) is 14.6. The lowest BCUT2D eigenvalue weighted by molar-refractivity contribution is -0.139. The summed E-state index contributed by atoms with van der Waals surface area (Å²) in [7, 11) is 0. The van der Waals surface area contributed by atoms with E-state index in [2.05, 4.69) is 11.5 Å². The Morgan fingerprint density at radius 1 is 1.41 bits per heavy atom. The number of benzene rings is 1. The zero-order valence-electron chi connectivity index (χ0n) is 11.9. The summed E-state index contributed by atoms with van der Waals surface area (Å²) in [5.41, 5.74) is 7.33. The highest BCUT2D eigenvalue weighted by molar-refractivity contribution is 6.32. The van der Waals surface area contributed by atoms with Crippen molar-refractivity contribution in [1.29, 1.82) is 0 Å². The number of halogens is 1. The van der Waals surface area contributed by atoms with Crippen molar-refractivity contribution >= 4 is 17.6 Å². The van der Waals surface area contributed by atoms with Gasteiger partial charge in [0.05, 0.1) is 17.5 Å². The highest BCUT2D eigenvalue weighted by atomic mass is 35.5. The molecule has 1 aromatic carbocycles. The number of fused-ring (bicyclic) bond motifs is 1. The van der Waals surface area contributed by atoms with E-state index in [1.54, 1.807) is 18.2 Å². The van der Waals surface area contributed by atoms with Gasteiger partial charge in [-0.15, -0.1) is 0 Å². The molecule has 1 atom stereocenters. The van der Waals surface area contributed by atoms with Crippen LogP contribution in [-0.2, 0) is 4.79 Å². The predicted molar refractivity (Wildman–Crippen MR) is 81.4 cm³/mol.